The Hall–Kier alpha value is -1.35. The van der Waals surface area contributed by atoms with Crippen molar-refractivity contribution in [3.05, 3.63) is 29.3 Å². The second kappa shape index (κ2) is 5.32. The minimum absolute atomic E-state index is 0.122. The van der Waals surface area contributed by atoms with Crippen molar-refractivity contribution in [1.82, 2.24) is 4.90 Å². The van der Waals surface area contributed by atoms with Crippen LogP contribution in [0.3, 0.4) is 0 Å². The van der Waals surface area contributed by atoms with Gasteiger partial charge >= 0.3 is 0 Å². The molecule has 92 valence electrons. The normalized spacial score (nSPS) is 16.3. The predicted molar refractivity (Wildman–Crippen MR) is 67.0 cm³/mol. The van der Waals surface area contributed by atoms with E-state index in [0.29, 0.717) is 12.2 Å². The molecule has 0 radical (unpaired) electrons. The van der Waals surface area contributed by atoms with Gasteiger partial charge in [0.05, 0.1) is 0 Å². The summed E-state index contributed by atoms with van der Waals surface area (Å²) in [5.74, 6) is 0.437. The Bertz CT molecular complexity index is 409. The van der Waals surface area contributed by atoms with Crippen LogP contribution in [0.25, 0.3) is 0 Å². The molecule has 0 aliphatic carbocycles. The van der Waals surface area contributed by atoms with Gasteiger partial charge in [-0.1, -0.05) is 12.1 Å². The lowest BCUT2D eigenvalue weighted by molar-refractivity contribution is -0.116. The Balaban J connectivity index is 2.05. The molecule has 17 heavy (non-hydrogen) atoms. The highest BCUT2D eigenvalue weighted by molar-refractivity contribution is 5.78. The minimum Gasteiger partial charge on any atom is -0.508 e. The van der Waals surface area contributed by atoms with Crippen LogP contribution in [0.15, 0.2) is 18.2 Å². The number of phenolic OH excluding ortho intramolecular Hbond substituents is 1. The molecule has 1 aromatic rings. The summed E-state index contributed by atoms with van der Waals surface area (Å²) in [6.45, 7) is 4.62. The van der Waals surface area contributed by atoms with Crippen molar-refractivity contribution in [1.29, 1.82) is 0 Å². The SMILES string of the molecule is CC(=O)Cc1ccc(CN2CCCC2)c(O)c1. The molecule has 0 amide bonds. The summed E-state index contributed by atoms with van der Waals surface area (Å²) in [5.41, 5.74) is 1.85. The Morgan fingerprint density at radius 2 is 2.06 bits per heavy atom. The van der Waals surface area contributed by atoms with Crippen molar-refractivity contribution in [2.75, 3.05) is 13.1 Å². The van der Waals surface area contributed by atoms with Gasteiger partial charge in [-0.3, -0.25) is 9.69 Å². The van der Waals surface area contributed by atoms with Gasteiger partial charge in [-0.05, 0) is 44.5 Å². The summed E-state index contributed by atoms with van der Waals surface area (Å²) in [6, 6.07) is 5.59. The first-order valence-corrected chi connectivity index (χ1v) is 6.18. The zero-order valence-corrected chi connectivity index (χ0v) is 10.3. The first-order chi connectivity index (χ1) is 8.15. The predicted octanol–water partition coefficient (Wildman–Crippen LogP) is 2.12. The standard InChI is InChI=1S/C14H19NO2/c1-11(16)8-12-4-5-13(14(17)9-12)10-15-6-2-3-7-15/h4-5,9,17H,2-3,6-8,10H2,1H3. The van der Waals surface area contributed by atoms with Crippen LogP contribution in [0, 0.1) is 0 Å². The van der Waals surface area contributed by atoms with Crippen molar-refractivity contribution >= 4 is 5.78 Å². The molecule has 0 unspecified atom stereocenters. The minimum atomic E-state index is 0.122. The molecule has 1 fully saturated rings. The average molecular weight is 233 g/mol. The molecular formula is C14H19NO2. The van der Waals surface area contributed by atoms with E-state index < -0.39 is 0 Å². The topological polar surface area (TPSA) is 40.5 Å². The number of hydrogen-bond acceptors (Lipinski definition) is 3. The number of carbonyl (C=O) groups excluding carboxylic acids is 1. The van der Waals surface area contributed by atoms with Crippen LogP contribution in [-0.4, -0.2) is 28.9 Å². The Labute approximate surface area is 102 Å². The molecule has 0 atom stereocenters. The zero-order chi connectivity index (χ0) is 12.3. The first-order valence-electron chi connectivity index (χ1n) is 6.18. The molecule has 3 nitrogen and oxygen atoms in total. The van der Waals surface area contributed by atoms with E-state index in [9.17, 15) is 9.90 Å². The largest absolute Gasteiger partial charge is 0.508 e. The molecule has 3 heteroatoms. The Morgan fingerprint density at radius 3 is 2.65 bits per heavy atom. The summed E-state index contributed by atoms with van der Waals surface area (Å²) in [6.07, 6.45) is 2.91. The molecule has 1 aliphatic rings. The van der Waals surface area contributed by atoms with Crippen LogP contribution in [0.2, 0.25) is 0 Å². The second-order valence-corrected chi connectivity index (χ2v) is 4.83. The Kier molecular flexibility index (Phi) is 3.79. The van der Waals surface area contributed by atoms with E-state index in [-0.39, 0.29) is 5.78 Å². The van der Waals surface area contributed by atoms with Crippen molar-refractivity contribution in [3.63, 3.8) is 0 Å². The molecule has 2 rings (SSSR count). The van der Waals surface area contributed by atoms with Crippen molar-refractivity contribution in [2.45, 2.75) is 32.7 Å². The van der Waals surface area contributed by atoms with Gasteiger partial charge in [-0.25, -0.2) is 0 Å². The summed E-state index contributed by atoms with van der Waals surface area (Å²) < 4.78 is 0. The lowest BCUT2D eigenvalue weighted by Gasteiger charge is -2.15. The van der Waals surface area contributed by atoms with E-state index in [1.54, 1.807) is 13.0 Å². The van der Waals surface area contributed by atoms with Gasteiger partial charge in [-0.15, -0.1) is 0 Å². The summed E-state index contributed by atoms with van der Waals surface area (Å²) in [7, 11) is 0. The van der Waals surface area contributed by atoms with E-state index in [1.165, 1.54) is 12.8 Å². The van der Waals surface area contributed by atoms with E-state index >= 15 is 0 Å². The monoisotopic (exact) mass is 233 g/mol. The lowest BCUT2D eigenvalue weighted by Crippen LogP contribution is -2.18. The van der Waals surface area contributed by atoms with Gasteiger partial charge in [0.25, 0.3) is 0 Å². The van der Waals surface area contributed by atoms with Gasteiger partial charge in [0.15, 0.2) is 0 Å². The molecule has 0 saturated carbocycles. The zero-order valence-electron chi connectivity index (χ0n) is 10.3. The molecular weight excluding hydrogens is 214 g/mol. The number of nitrogens with zero attached hydrogens (tertiary/aromatic N) is 1. The molecule has 0 bridgehead atoms. The maximum absolute atomic E-state index is 11.0. The fourth-order valence-corrected chi connectivity index (χ4v) is 2.32. The van der Waals surface area contributed by atoms with Crippen molar-refractivity contribution in [2.24, 2.45) is 0 Å². The highest BCUT2D eigenvalue weighted by Crippen LogP contribution is 2.22. The summed E-state index contributed by atoms with van der Waals surface area (Å²) >= 11 is 0. The molecule has 1 N–H and O–H groups in total. The smallest absolute Gasteiger partial charge is 0.134 e. The third kappa shape index (κ3) is 3.30. The maximum atomic E-state index is 11.0. The molecule has 1 aliphatic heterocycles. The third-order valence-corrected chi connectivity index (χ3v) is 3.20. The van der Waals surface area contributed by atoms with Gasteiger partial charge in [0.1, 0.15) is 11.5 Å². The summed E-state index contributed by atoms with van der Waals surface area (Å²) in [4.78, 5) is 13.3. The number of benzene rings is 1. The van der Waals surface area contributed by atoms with Crippen molar-refractivity contribution < 1.29 is 9.90 Å². The molecule has 0 spiro atoms. The lowest BCUT2D eigenvalue weighted by atomic mass is 10.1. The van der Waals surface area contributed by atoms with Gasteiger partial charge in [0, 0.05) is 18.5 Å². The number of Topliss-reactive ketones (excluding diaryl/α,β-unsaturated/α-hetero) is 1. The van der Waals surface area contributed by atoms with Crippen LogP contribution < -0.4 is 0 Å². The van der Waals surface area contributed by atoms with Crippen LogP contribution in [0.4, 0.5) is 0 Å². The number of likely N-dealkylation sites (tertiary alicyclic amines) is 1. The second-order valence-electron chi connectivity index (χ2n) is 4.83. The fourth-order valence-electron chi connectivity index (χ4n) is 2.32. The number of phenols is 1. The van der Waals surface area contributed by atoms with E-state index in [4.69, 9.17) is 0 Å². The number of ketones is 1. The van der Waals surface area contributed by atoms with E-state index in [1.807, 2.05) is 12.1 Å². The van der Waals surface area contributed by atoms with E-state index in [0.717, 1.165) is 30.8 Å². The van der Waals surface area contributed by atoms with Gasteiger partial charge in [-0.2, -0.15) is 0 Å². The number of aromatic hydroxyl groups is 1. The van der Waals surface area contributed by atoms with Crippen LogP contribution >= 0.6 is 0 Å². The van der Waals surface area contributed by atoms with Crippen LogP contribution in [-0.2, 0) is 17.8 Å². The number of hydrogen-bond donors (Lipinski definition) is 1. The fraction of sp³-hybridized carbons (Fsp3) is 0.500. The first kappa shape index (κ1) is 12.1. The van der Waals surface area contributed by atoms with Crippen molar-refractivity contribution in [3.8, 4) is 5.75 Å². The van der Waals surface area contributed by atoms with Gasteiger partial charge < -0.3 is 5.11 Å². The summed E-state index contributed by atoms with van der Waals surface area (Å²) in [5, 5.41) is 9.93. The molecule has 0 aromatic heterocycles. The maximum Gasteiger partial charge on any atom is 0.134 e. The molecule has 1 saturated heterocycles. The number of carbonyl (C=O) groups is 1. The quantitative estimate of drug-likeness (QED) is 0.866. The molecule has 1 heterocycles. The Morgan fingerprint density at radius 1 is 1.35 bits per heavy atom. The van der Waals surface area contributed by atoms with E-state index in [2.05, 4.69) is 4.90 Å². The number of rotatable bonds is 4. The highest BCUT2D eigenvalue weighted by atomic mass is 16.3. The van der Waals surface area contributed by atoms with Crippen LogP contribution in [0.1, 0.15) is 30.9 Å². The third-order valence-electron chi connectivity index (χ3n) is 3.20. The highest BCUT2D eigenvalue weighted by Gasteiger charge is 2.13. The average Bonchev–Trinajstić information content (AvgIpc) is 2.74. The molecule has 1 aromatic carbocycles. The van der Waals surface area contributed by atoms with Crippen LogP contribution in [0.5, 0.6) is 5.75 Å². The van der Waals surface area contributed by atoms with Gasteiger partial charge in [0.2, 0.25) is 0 Å².